The van der Waals surface area contributed by atoms with Crippen LogP contribution in [0.5, 0.6) is 0 Å². The largest absolute Gasteiger partial charge is 1.00 e. The first-order chi connectivity index (χ1) is 28.2. The number of aryl methyl sites for hydroxylation is 1. The van der Waals surface area contributed by atoms with E-state index in [9.17, 15) is 0 Å². The van der Waals surface area contributed by atoms with Crippen molar-refractivity contribution < 1.29 is 28.5 Å². The molecule has 0 spiro atoms. The van der Waals surface area contributed by atoms with Gasteiger partial charge in [-0.3, -0.25) is 4.98 Å². The number of hydrogen-bond donors (Lipinski definition) is 2. The van der Waals surface area contributed by atoms with Crippen LogP contribution in [0.3, 0.4) is 0 Å². The van der Waals surface area contributed by atoms with Gasteiger partial charge >= 0.3 is 0 Å². The minimum absolute atomic E-state index is 0. The molecule has 6 heteroatoms. The molecule has 2 aliphatic carbocycles. The van der Waals surface area contributed by atoms with Gasteiger partial charge in [-0.25, -0.2) is 0 Å². The van der Waals surface area contributed by atoms with E-state index in [1.807, 2.05) is 54.7 Å². The molecule has 2 N–H and O–H groups in total. The molecule has 0 saturated heterocycles. The third-order valence-electron chi connectivity index (χ3n) is 11.8. The fourth-order valence-electron chi connectivity index (χ4n) is 8.63. The zero-order chi connectivity index (χ0) is 39.2. The summed E-state index contributed by atoms with van der Waals surface area (Å²) in [5, 5.41) is 9.34. The van der Waals surface area contributed by atoms with E-state index >= 15 is 0 Å². The van der Waals surface area contributed by atoms with Gasteiger partial charge in [0.1, 0.15) is 12.2 Å². The summed E-state index contributed by atoms with van der Waals surface area (Å²) in [6, 6.07) is 41.7. The van der Waals surface area contributed by atoms with E-state index in [4.69, 9.17) is 0 Å². The number of alkyl halides is 1. The van der Waals surface area contributed by atoms with Crippen LogP contribution in [0.25, 0.3) is 21.8 Å². The van der Waals surface area contributed by atoms with E-state index in [2.05, 4.69) is 122 Å². The molecular weight excluding hydrogens is 934 g/mol. The highest BCUT2D eigenvalue weighted by atomic mass is 127. The second-order valence-electron chi connectivity index (χ2n) is 16.3. The predicted octanol–water partition coefficient (Wildman–Crippen LogP) is 12.6. The van der Waals surface area contributed by atoms with Gasteiger partial charge in [-0.05, 0) is 77.6 Å². The first-order valence-electron chi connectivity index (χ1n) is 22.2. The van der Waals surface area contributed by atoms with Crippen LogP contribution in [0.15, 0.2) is 134 Å². The summed E-state index contributed by atoms with van der Waals surface area (Å²) in [6.45, 7) is 1.09. The van der Waals surface area contributed by atoms with Gasteiger partial charge in [0.2, 0.25) is 5.52 Å². The van der Waals surface area contributed by atoms with Gasteiger partial charge in [0.15, 0.2) is 6.20 Å². The molecule has 0 bridgehead atoms. The van der Waals surface area contributed by atoms with E-state index < -0.39 is 0 Å². The van der Waals surface area contributed by atoms with E-state index in [1.54, 1.807) is 0 Å². The first-order valence-corrected chi connectivity index (χ1v) is 23.7. The Morgan fingerprint density at radius 1 is 0.517 bits per heavy atom. The molecule has 2 aliphatic rings. The van der Waals surface area contributed by atoms with Gasteiger partial charge in [-0.2, -0.15) is 4.57 Å². The molecule has 6 aromatic rings. The summed E-state index contributed by atoms with van der Waals surface area (Å²) in [5.41, 5.74) is 6.72. The number of para-hydroxylation sites is 4. The first kappa shape index (κ1) is 45.8. The summed E-state index contributed by atoms with van der Waals surface area (Å²) in [7, 11) is 0. The molecule has 2 fully saturated rings. The van der Waals surface area contributed by atoms with Crippen LogP contribution in [0.2, 0.25) is 0 Å². The van der Waals surface area contributed by atoms with Gasteiger partial charge in [-0.15, -0.1) is 0 Å². The Morgan fingerprint density at radius 3 is 1.66 bits per heavy atom. The van der Waals surface area contributed by atoms with Crippen LogP contribution >= 0.6 is 22.6 Å². The Balaban J connectivity index is 0.000000182. The van der Waals surface area contributed by atoms with Crippen molar-refractivity contribution in [3.05, 3.63) is 134 Å². The zero-order valence-electron chi connectivity index (χ0n) is 34.6. The Hall–Kier alpha value is -3.24. The maximum absolute atomic E-state index is 4.41. The maximum atomic E-state index is 4.41. The number of nitrogens with one attached hydrogen (secondary N) is 2. The molecule has 0 amide bonds. The molecule has 0 aliphatic heterocycles. The van der Waals surface area contributed by atoms with Crippen molar-refractivity contribution >= 4 is 67.1 Å². The molecule has 4 aromatic carbocycles. The predicted molar refractivity (Wildman–Crippen MR) is 254 cm³/mol. The van der Waals surface area contributed by atoms with Crippen LogP contribution in [-0.2, 0) is 6.54 Å². The average Bonchev–Trinajstić information content (AvgIpc) is 3.27. The van der Waals surface area contributed by atoms with Crippen molar-refractivity contribution in [1.29, 1.82) is 0 Å². The highest BCUT2D eigenvalue weighted by Crippen LogP contribution is 2.29. The molecule has 2 heterocycles. The van der Waals surface area contributed by atoms with Crippen LogP contribution in [-0.4, -0.2) is 9.41 Å². The molecule has 4 nitrogen and oxygen atoms in total. The summed E-state index contributed by atoms with van der Waals surface area (Å²) >= 11 is 2.48. The van der Waals surface area contributed by atoms with Crippen molar-refractivity contribution in [3.8, 4) is 0 Å². The number of pyridine rings is 2. The number of fused-ring (bicyclic) bond motifs is 2. The lowest BCUT2D eigenvalue weighted by Gasteiger charge is -2.21. The number of nitrogens with zero attached hydrogens (tertiary/aromatic N) is 2. The molecule has 0 radical (unpaired) electrons. The number of benzene rings is 4. The molecule has 58 heavy (non-hydrogen) atoms. The molecule has 2 saturated carbocycles. The minimum atomic E-state index is 0. The Kier molecular flexibility index (Phi) is 21.2. The Bertz CT molecular complexity index is 1990. The summed E-state index contributed by atoms with van der Waals surface area (Å²) in [5.74, 6) is 2.12. The number of rotatable bonds is 15. The van der Waals surface area contributed by atoms with Gasteiger partial charge in [0, 0.05) is 34.6 Å². The highest BCUT2D eigenvalue weighted by Gasteiger charge is 2.15. The third kappa shape index (κ3) is 16.1. The van der Waals surface area contributed by atoms with Crippen molar-refractivity contribution in [2.45, 2.75) is 122 Å². The van der Waals surface area contributed by atoms with Crippen molar-refractivity contribution in [1.82, 2.24) is 4.98 Å². The van der Waals surface area contributed by atoms with E-state index in [-0.39, 0.29) is 24.0 Å². The van der Waals surface area contributed by atoms with Crippen LogP contribution in [0.1, 0.15) is 116 Å². The number of aromatic nitrogens is 2. The average molecular weight is 1000 g/mol. The lowest BCUT2D eigenvalue weighted by atomic mass is 9.85. The molecule has 2 aromatic heterocycles. The second kappa shape index (κ2) is 26.8. The molecule has 308 valence electrons. The maximum Gasteiger partial charge on any atom is 0.212 e. The van der Waals surface area contributed by atoms with Crippen LogP contribution in [0.4, 0.5) is 22.7 Å². The van der Waals surface area contributed by atoms with E-state index in [1.165, 1.54) is 131 Å². The summed E-state index contributed by atoms with van der Waals surface area (Å²) in [4.78, 5) is 4.41. The Labute approximate surface area is 380 Å². The summed E-state index contributed by atoms with van der Waals surface area (Å²) in [6.07, 6.45) is 30.4. The highest BCUT2D eigenvalue weighted by molar-refractivity contribution is 14.1. The quantitative estimate of drug-likeness (QED) is 0.0466. The lowest BCUT2D eigenvalue weighted by Crippen LogP contribution is -3.00. The number of hydrogen-bond acceptors (Lipinski definition) is 3. The number of anilines is 4. The normalized spacial score (nSPS) is 14.4. The van der Waals surface area contributed by atoms with Crippen molar-refractivity contribution in [3.63, 3.8) is 0 Å². The molecule has 0 unspecified atom stereocenters. The fraction of sp³-hybridized carbons (Fsp3) is 0.423. The van der Waals surface area contributed by atoms with Crippen molar-refractivity contribution in [2.24, 2.45) is 11.8 Å². The summed E-state index contributed by atoms with van der Waals surface area (Å²) < 4.78 is 3.78. The Morgan fingerprint density at radius 2 is 1.03 bits per heavy atom. The molecule has 8 rings (SSSR count). The smallest absolute Gasteiger partial charge is 0.212 e. The monoisotopic (exact) mass is 1000 g/mol. The van der Waals surface area contributed by atoms with Gasteiger partial charge in [0.05, 0.1) is 17.4 Å². The fourth-order valence-corrected chi connectivity index (χ4v) is 9.17. The van der Waals surface area contributed by atoms with Crippen LogP contribution in [0, 0.1) is 11.8 Å². The van der Waals surface area contributed by atoms with E-state index in [0.29, 0.717) is 0 Å². The van der Waals surface area contributed by atoms with Gasteiger partial charge in [-0.1, -0.05) is 186 Å². The van der Waals surface area contributed by atoms with Gasteiger partial charge < -0.3 is 34.6 Å². The SMILES string of the molecule is ICCCCCC1CCCCC1.[I-].c1ccc(Nc2cc3ccccc3[n+](CCCCCC3CCCCC3)c2)cc1.c1ccc(Nc2cnc3ccccc3c2)cc1. The lowest BCUT2D eigenvalue weighted by molar-refractivity contribution is -0.671. The number of halogens is 2. The second-order valence-corrected chi connectivity index (χ2v) is 17.4. The van der Waals surface area contributed by atoms with Gasteiger partial charge in [0.25, 0.3) is 0 Å². The third-order valence-corrected chi connectivity index (χ3v) is 12.5. The van der Waals surface area contributed by atoms with Crippen molar-refractivity contribution in [2.75, 3.05) is 15.1 Å². The van der Waals surface area contributed by atoms with Crippen LogP contribution < -0.4 is 39.2 Å². The molecule has 0 atom stereocenters. The van der Waals surface area contributed by atoms with E-state index in [0.717, 1.165) is 52.0 Å². The standard InChI is InChI=1S/C26H33N2.C15H12N2.C11H21I.HI/c1-4-12-22(13-5-1)14-6-3-11-19-28-21-25(27-24-16-7-2-8-17-24)20-23-15-9-10-18-26(23)28;1-2-7-13(8-3-1)17-14-10-12-6-4-5-9-15(12)16-11-14;12-10-6-2-5-9-11-7-3-1-4-8-11;/h2,7-10,15-18,20-22,27H,1,3-6,11-14,19H2;1-11,17H;11H,1-10H2;1H/q+1;;;/p-1. The minimum Gasteiger partial charge on any atom is -1.00 e. The molecular formula is C52H66I2N4. The topological polar surface area (TPSA) is 40.8 Å². The zero-order valence-corrected chi connectivity index (χ0v) is 39.0. The number of unbranched alkanes of at least 4 members (excludes halogenated alkanes) is 4.